The summed E-state index contributed by atoms with van der Waals surface area (Å²) in [4.78, 5) is 13.2. The van der Waals surface area contributed by atoms with Crippen molar-refractivity contribution in [3.05, 3.63) is 113 Å². The van der Waals surface area contributed by atoms with Gasteiger partial charge in [-0.05, 0) is 35.2 Å². The minimum atomic E-state index is -0.438. The van der Waals surface area contributed by atoms with Gasteiger partial charge in [-0.15, -0.1) is 0 Å². The molecule has 1 amide bonds. The Hall–Kier alpha value is -4.76. The van der Waals surface area contributed by atoms with Crippen molar-refractivity contribution in [2.45, 2.75) is 5.92 Å². The summed E-state index contributed by atoms with van der Waals surface area (Å²) in [5.41, 5.74) is 2.38. The highest BCUT2D eigenvalue weighted by Crippen LogP contribution is 2.46. The summed E-state index contributed by atoms with van der Waals surface area (Å²) in [5.74, 6) is 0.991. The molecule has 35 heavy (non-hydrogen) atoms. The molecule has 4 aromatic carbocycles. The molecular formula is C29H22N2O4. The normalized spacial score (nSPS) is 14.5. The lowest BCUT2D eigenvalue weighted by atomic mass is 9.82. The van der Waals surface area contributed by atoms with Crippen molar-refractivity contribution >= 4 is 16.7 Å². The van der Waals surface area contributed by atoms with Crippen LogP contribution in [0.5, 0.6) is 17.2 Å². The van der Waals surface area contributed by atoms with E-state index in [0.29, 0.717) is 28.4 Å². The van der Waals surface area contributed by atoms with Gasteiger partial charge in [0.05, 0.1) is 25.7 Å². The van der Waals surface area contributed by atoms with Crippen LogP contribution in [0.1, 0.15) is 27.4 Å². The second-order valence-electron chi connectivity index (χ2n) is 8.02. The van der Waals surface area contributed by atoms with Gasteiger partial charge in [-0.2, -0.15) is 5.26 Å². The van der Waals surface area contributed by atoms with Gasteiger partial charge in [0.15, 0.2) is 0 Å². The molecule has 1 aliphatic heterocycles. The first kappa shape index (κ1) is 22.1. The first-order chi connectivity index (χ1) is 17.1. The third-order valence-electron chi connectivity index (χ3n) is 6.11. The lowest BCUT2D eigenvalue weighted by Gasteiger charge is -2.29. The molecule has 0 aromatic heterocycles. The quantitative estimate of drug-likeness (QED) is 0.421. The molecule has 0 radical (unpaired) electrons. The van der Waals surface area contributed by atoms with Gasteiger partial charge in [0.25, 0.3) is 5.91 Å². The number of nitrogens with zero attached hydrogens (tertiary/aromatic N) is 1. The van der Waals surface area contributed by atoms with Gasteiger partial charge in [-0.3, -0.25) is 10.1 Å². The second-order valence-corrected chi connectivity index (χ2v) is 8.02. The highest BCUT2D eigenvalue weighted by atomic mass is 16.5. The van der Waals surface area contributed by atoms with E-state index >= 15 is 0 Å². The number of allylic oxidation sites excluding steroid dienone is 1. The predicted molar refractivity (Wildman–Crippen MR) is 133 cm³/mol. The smallest absolute Gasteiger partial charge is 0.261 e. The van der Waals surface area contributed by atoms with Crippen molar-refractivity contribution in [3.8, 4) is 23.3 Å². The minimum Gasteiger partial charge on any atom is -0.497 e. The van der Waals surface area contributed by atoms with Gasteiger partial charge in [0.2, 0.25) is 5.88 Å². The first-order valence-electron chi connectivity index (χ1n) is 11.1. The molecule has 0 bridgehead atoms. The van der Waals surface area contributed by atoms with Crippen molar-refractivity contribution in [1.82, 2.24) is 5.32 Å². The van der Waals surface area contributed by atoms with E-state index in [1.165, 1.54) is 7.11 Å². The maximum atomic E-state index is 13.2. The van der Waals surface area contributed by atoms with Crippen LogP contribution in [0.15, 0.2) is 96.4 Å². The van der Waals surface area contributed by atoms with Gasteiger partial charge in [-0.25, -0.2) is 0 Å². The first-order valence-corrected chi connectivity index (χ1v) is 11.1. The number of carbonyl (C=O) groups excluding carboxylic acids is 1. The molecule has 0 fully saturated rings. The number of methoxy groups -OCH3 is 2. The van der Waals surface area contributed by atoms with Crippen molar-refractivity contribution in [2.75, 3.05) is 14.2 Å². The molecule has 0 aliphatic carbocycles. The van der Waals surface area contributed by atoms with E-state index in [1.807, 2.05) is 60.7 Å². The zero-order valence-corrected chi connectivity index (χ0v) is 19.2. The number of ether oxygens (including phenoxy) is 3. The Balaban J connectivity index is 1.67. The highest BCUT2D eigenvalue weighted by Gasteiger charge is 2.33. The Kier molecular flexibility index (Phi) is 5.82. The number of hydrogen-bond donors (Lipinski definition) is 1. The molecule has 5 rings (SSSR count). The molecule has 1 N–H and O–H groups in total. The van der Waals surface area contributed by atoms with E-state index < -0.39 is 11.8 Å². The number of hydrogen-bond acceptors (Lipinski definition) is 5. The number of amides is 1. The summed E-state index contributed by atoms with van der Waals surface area (Å²) in [5, 5.41) is 14.9. The number of rotatable bonds is 5. The number of carbonyl (C=O) groups is 1. The van der Waals surface area contributed by atoms with Crippen LogP contribution < -0.4 is 19.5 Å². The molecule has 6 nitrogen and oxygen atoms in total. The summed E-state index contributed by atoms with van der Waals surface area (Å²) in [6.07, 6.45) is 0. The van der Waals surface area contributed by atoms with Crippen LogP contribution >= 0.6 is 0 Å². The molecule has 0 saturated heterocycles. The number of nitrogens with one attached hydrogen (secondary N) is 1. The molecule has 6 heteroatoms. The molecular weight excluding hydrogens is 440 g/mol. The standard InChI is InChI=1S/C29H22N2O4/c1-33-20-14-11-19(12-15-20)26-23-16-13-18-7-3-4-8-21(18)27(23)35-29(24(26)17-30)31-28(32)22-9-5-6-10-25(22)34-2/h3-16,26H,1-2H3,(H,31,32). The van der Waals surface area contributed by atoms with Gasteiger partial charge in [0.1, 0.15) is 28.9 Å². The van der Waals surface area contributed by atoms with Crippen LogP contribution in [-0.2, 0) is 0 Å². The van der Waals surface area contributed by atoms with Crippen LogP contribution in [0.4, 0.5) is 0 Å². The maximum Gasteiger partial charge on any atom is 0.261 e. The fraction of sp³-hybridized carbons (Fsp3) is 0.103. The van der Waals surface area contributed by atoms with E-state index in [1.54, 1.807) is 31.4 Å². The topological polar surface area (TPSA) is 80.6 Å². The molecule has 1 atom stereocenters. The zero-order chi connectivity index (χ0) is 24.4. The SMILES string of the molecule is COc1ccc(C2C(C#N)=C(NC(=O)c3ccccc3OC)Oc3c2ccc2ccccc32)cc1. The maximum absolute atomic E-state index is 13.2. The van der Waals surface area contributed by atoms with Gasteiger partial charge < -0.3 is 14.2 Å². The lowest BCUT2D eigenvalue weighted by molar-refractivity contribution is 0.0945. The Morgan fingerprint density at radius 3 is 2.40 bits per heavy atom. The fourth-order valence-electron chi connectivity index (χ4n) is 4.40. The summed E-state index contributed by atoms with van der Waals surface area (Å²) in [6, 6.07) is 28.6. The van der Waals surface area contributed by atoms with Crippen LogP contribution in [-0.4, -0.2) is 20.1 Å². The van der Waals surface area contributed by atoms with Crippen LogP contribution in [0.2, 0.25) is 0 Å². The summed E-state index contributed by atoms with van der Waals surface area (Å²) in [7, 11) is 3.11. The Morgan fingerprint density at radius 2 is 1.66 bits per heavy atom. The third-order valence-corrected chi connectivity index (χ3v) is 6.11. The van der Waals surface area contributed by atoms with E-state index in [0.717, 1.165) is 21.9 Å². The number of nitriles is 1. The third kappa shape index (κ3) is 3.94. The van der Waals surface area contributed by atoms with E-state index in [9.17, 15) is 10.1 Å². The molecule has 172 valence electrons. The molecule has 0 spiro atoms. The van der Waals surface area contributed by atoms with Crippen molar-refractivity contribution < 1.29 is 19.0 Å². The largest absolute Gasteiger partial charge is 0.497 e. The van der Waals surface area contributed by atoms with Crippen LogP contribution in [0.3, 0.4) is 0 Å². The number of fused-ring (bicyclic) bond motifs is 3. The minimum absolute atomic E-state index is 0.105. The number of benzene rings is 4. The van der Waals surface area contributed by atoms with E-state index in [-0.39, 0.29) is 5.88 Å². The van der Waals surface area contributed by atoms with Crippen molar-refractivity contribution in [2.24, 2.45) is 0 Å². The van der Waals surface area contributed by atoms with Crippen molar-refractivity contribution in [1.29, 1.82) is 5.26 Å². The predicted octanol–water partition coefficient (Wildman–Crippen LogP) is 5.55. The molecule has 1 heterocycles. The van der Waals surface area contributed by atoms with E-state index in [2.05, 4.69) is 11.4 Å². The average Bonchev–Trinajstić information content (AvgIpc) is 2.92. The van der Waals surface area contributed by atoms with Gasteiger partial charge >= 0.3 is 0 Å². The monoisotopic (exact) mass is 462 g/mol. The van der Waals surface area contributed by atoms with Crippen LogP contribution in [0, 0.1) is 11.3 Å². The second kappa shape index (κ2) is 9.24. The Labute approximate surface area is 203 Å². The summed E-state index contributed by atoms with van der Waals surface area (Å²) < 4.78 is 16.9. The molecule has 4 aromatic rings. The number of para-hydroxylation sites is 1. The molecule has 1 unspecified atom stereocenters. The van der Waals surface area contributed by atoms with Crippen LogP contribution in [0.25, 0.3) is 10.8 Å². The van der Waals surface area contributed by atoms with E-state index in [4.69, 9.17) is 14.2 Å². The lowest BCUT2D eigenvalue weighted by Crippen LogP contribution is -2.31. The Morgan fingerprint density at radius 1 is 0.914 bits per heavy atom. The van der Waals surface area contributed by atoms with Gasteiger partial charge in [0, 0.05) is 10.9 Å². The molecule has 0 saturated carbocycles. The average molecular weight is 463 g/mol. The van der Waals surface area contributed by atoms with Crippen molar-refractivity contribution in [3.63, 3.8) is 0 Å². The Bertz CT molecular complexity index is 1500. The highest BCUT2D eigenvalue weighted by molar-refractivity contribution is 5.98. The fourth-order valence-corrected chi connectivity index (χ4v) is 4.40. The van der Waals surface area contributed by atoms with Gasteiger partial charge in [-0.1, -0.05) is 60.7 Å². The summed E-state index contributed by atoms with van der Waals surface area (Å²) in [6.45, 7) is 0. The summed E-state index contributed by atoms with van der Waals surface area (Å²) >= 11 is 0. The molecule has 1 aliphatic rings. The zero-order valence-electron chi connectivity index (χ0n) is 19.2.